The molecule has 2 aliphatic heterocycles. The van der Waals surface area contributed by atoms with Gasteiger partial charge in [-0.05, 0) is 18.4 Å². The average Bonchev–Trinajstić information content (AvgIpc) is 3.06. The summed E-state index contributed by atoms with van der Waals surface area (Å²) in [5.74, 6) is 0.184. The fourth-order valence-corrected chi connectivity index (χ4v) is 4.82. The maximum atomic E-state index is 13.1. The van der Waals surface area contributed by atoms with Gasteiger partial charge in [-0.25, -0.2) is 0 Å². The monoisotopic (exact) mass is 388 g/mol. The van der Waals surface area contributed by atoms with Gasteiger partial charge in [-0.15, -0.1) is 0 Å². The van der Waals surface area contributed by atoms with Gasteiger partial charge in [-0.3, -0.25) is 14.5 Å². The molecule has 4 nitrogen and oxygen atoms in total. The summed E-state index contributed by atoms with van der Waals surface area (Å²) in [6, 6.07) is 7.59. The first-order valence-corrected chi connectivity index (χ1v) is 10.4. The van der Waals surface area contributed by atoms with E-state index in [1.165, 1.54) is 11.8 Å². The molecule has 0 aromatic heterocycles. The Bertz CT molecular complexity index is 788. The highest BCUT2D eigenvalue weighted by Gasteiger charge is 2.41. The van der Waals surface area contributed by atoms with Crippen LogP contribution in [-0.2, 0) is 9.59 Å². The molecule has 1 fully saturated rings. The predicted octanol–water partition coefficient (Wildman–Crippen LogP) is 4.45. The second-order valence-corrected chi connectivity index (χ2v) is 8.43. The maximum absolute atomic E-state index is 13.1. The molecule has 1 aromatic carbocycles. The Balaban J connectivity index is 1.91. The average molecular weight is 389 g/mol. The van der Waals surface area contributed by atoms with Gasteiger partial charge in [0, 0.05) is 19.2 Å². The Morgan fingerprint density at radius 2 is 1.88 bits per heavy atom. The summed E-state index contributed by atoms with van der Waals surface area (Å²) in [6.45, 7) is 4.97. The zero-order valence-corrected chi connectivity index (χ0v) is 17.1. The van der Waals surface area contributed by atoms with Crippen LogP contribution in [0.25, 0.3) is 5.57 Å². The number of fused-ring (bicyclic) bond motifs is 1. The largest absolute Gasteiger partial charge is 0.311 e. The molecule has 2 heterocycles. The molecule has 0 unspecified atom stereocenters. The molecule has 26 heavy (non-hydrogen) atoms. The first kappa shape index (κ1) is 19.1. The molecule has 2 aliphatic rings. The van der Waals surface area contributed by atoms with E-state index in [0.717, 1.165) is 36.9 Å². The molecule has 0 bridgehead atoms. The summed E-state index contributed by atoms with van der Waals surface area (Å²) in [6.07, 6.45) is 4.43. The minimum atomic E-state index is -0.135. The molecule has 0 saturated carbocycles. The van der Waals surface area contributed by atoms with Crippen LogP contribution in [0.2, 0.25) is 0 Å². The minimum absolute atomic E-state index is 0.122. The van der Waals surface area contributed by atoms with Crippen LogP contribution < -0.4 is 4.90 Å². The number of para-hydroxylation sites is 1. The number of unbranched alkanes of at least 4 members (excludes halogenated alkanes) is 1. The van der Waals surface area contributed by atoms with Crippen LogP contribution in [0.4, 0.5) is 5.69 Å². The van der Waals surface area contributed by atoms with Crippen molar-refractivity contribution in [2.24, 2.45) is 5.92 Å². The molecule has 1 atom stereocenters. The van der Waals surface area contributed by atoms with E-state index in [1.54, 1.807) is 16.8 Å². The van der Waals surface area contributed by atoms with Crippen molar-refractivity contribution in [2.45, 2.75) is 39.5 Å². The number of hydrogen-bond acceptors (Lipinski definition) is 4. The van der Waals surface area contributed by atoms with Gasteiger partial charge >= 0.3 is 0 Å². The van der Waals surface area contributed by atoms with E-state index in [1.807, 2.05) is 24.3 Å². The highest BCUT2D eigenvalue weighted by atomic mass is 32.2. The number of anilines is 1. The molecule has 138 valence electrons. The number of likely N-dealkylation sites (N-methyl/N-ethyl adjacent to an activating group) is 1. The summed E-state index contributed by atoms with van der Waals surface area (Å²) < 4.78 is 0.562. The van der Waals surface area contributed by atoms with Crippen LogP contribution in [-0.4, -0.2) is 34.6 Å². The molecule has 6 heteroatoms. The van der Waals surface area contributed by atoms with Gasteiger partial charge in [0.05, 0.1) is 16.2 Å². The van der Waals surface area contributed by atoms with Crippen molar-refractivity contribution in [3.63, 3.8) is 0 Å². The van der Waals surface area contributed by atoms with E-state index in [4.69, 9.17) is 12.2 Å². The predicted molar refractivity (Wildman–Crippen MR) is 112 cm³/mol. The van der Waals surface area contributed by atoms with E-state index in [9.17, 15) is 9.59 Å². The number of carbonyl (C=O) groups is 2. The lowest BCUT2D eigenvalue weighted by Crippen LogP contribution is -2.33. The van der Waals surface area contributed by atoms with Crippen LogP contribution in [0, 0.1) is 5.92 Å². The number of carbonyl (C=O) groups excluding carboxylic acids is 2. The quantitative estimate of drug-likeness (QED) is 0.533. The molecule has 0 radical (unpaired) electrons. The van der Waals surface area contributed by atoms with Crippen LogP contribution in [0.5, 0.6) is 0 Å². The Labute approximate surface area is 164 Å². The second-order valence-electron chi connectivity index (χ2n) is 6.79. The minimum Gasteiger partial charge on any atom is -0.311 e. The van der Waals surface area contributed by atoms with E-state index in [0.29, 0.717) is 27.3 Å². The highest BCUT2D eigenvalue weighted by Crippen LogP contribution is 2.44. The topological polar surface area (TPSA) is 40.6 Å². The third-order valence-electron chi connectivity index (χ3n) is 5.11. The number of nitrogens with zero attached hydrogens (tertiary/aromatic N) is 2. The van der Waals surface area contributed by atoms with Gasteiger partial charge in [0.15, 0.2) is 0 Å². The van der Waals surface area contributed by atoms with Crippen molar-refractivity contribution in [3.05, 3.63) is 34.7 Å². The van der Waals surface area contributed by atoms with Crippen LogP contribution >= 0.6 is 24.0 Å². The summed E-state index contributed by atoms with van der Waals surface area (Å²) >= 11 is 6.75. The molecule has 0 spiro atoms. The maximum Gasteiger partial charge on any atom is 0.267 e. The van der Waals surface area contributed by atoms with Gasteiger partial charge < -0.3 is 4.90 Å². The fourth-order valence-electron chi connectivity index (χ4n) is 3.47. The molecule has 3 rings (SSSR count). The highest BCUT2D eigenvalue weighted by molar-refractivity contribution is 8.26. The molecular formula is C20H24N2O2S2. The summed E-state index contributed by atoms with van der Waals surface area (Å²) in [5.41, 5.74) is 2.15. The van der Waals surface area contributed by atoms with E-state index < -0.39 is 0 Å². The Hall–Kier alpha value is -1.66. The zero-order chi connectivity index (χ0) is 18.8. The fraction of sp³-hybridized carbons (Fsp3) is 0.450. The number of hydrogen-bond donors (Lipinski definition) is 0. The van der Waals surface area contributed by atoms with Gasteiger partial charge in [0.1, 0.15) is 4.32 Å². The Morgan fingerprint density at radius 3 is 2.58 bits per heavy atom. The van der Waals surface area contributed by atoms with E-state index in [2.05, 4.69) is 13.8 Å². The third-order valence-corrected chi connectivity index (χ3v) is 6.56. The number of thioether (sulfide) groups is 1. The van der Waals surface area contributed by atoms with Gasteiger partial charge in [0.25, 0.3) is 11.8 Å². The van der Waals surface area contributed by atoms with Crippen molar-refractivity contribution in [1.29, 1.82) is 0 Å². The SMILES string of the molecule is CCCC[C@@H](CC)CN1C(=O)/C(=C2\C(=O)N(C)c3ccccc32)SC1=S. The summed E-state index contributed by atoms with van der Waals surface area (Å²) in [5, 5.41) is 0. The van der Waals surface area contributed by atoms with Gasteiger partial charge in [-0.1, -0.05) is 75.3 Å². The molecular weight excluding hydrogens is 364 g/mol. The van der Waals surface area contributed by atoms with Crippen molar-refractivity contribution in [1.82, 2.24) is 4.90 Å². The molecule has 2 amide bonds. The molecule has 0 N–H and O–H groups in total. The van der Waals surface area contributed by atoms with Gasteiger partial charge in [0.2, 0.25) is 0 Å². The van der Waals surface area contributed by atoms with Gasteiger partial charge in [-0.2, -0.15) is 0 Å². The number of benzene rings is 1. The third kappa shape index (κ3) is 3.32. The van der Waals surface area contributed by atoms with Crippen LogP contribution in [0.1, 0.15) is 45.1 Å². The van der Waals surface area contributed by atoms with Crippen molar-refractivity contribution < 1.29 is 9.59 Å². The van der Waals surface area contributed by atoms with E-state index in [-0.39, 0.29) is 11.8 Å². The molecule has 1 aromatic rings. The number of amides is 2. The summed E-state index contributed by atoms with van der Waals surface area (Å²) in [7, 11) is 1.74. The van der Waals surface area contributed by atoms with Crippen molar-refractivity contribution >= 4 is 51.4 Å². The lowest BCUT2D eigenvalue weighted by molar-refractivity contribution is -0.123. The van der Waals surface area contributed by atoms with Crippen LogP contribution in [0.3, 0.4) is 0 Å². The normalized spacial score (nSPS) is 21.0. The first-order chi connectivity index (χ1) is 12.5. The first-order valence-electron chi connectivity index (χ1n) is 9.14. The number of thiocarbonyl (C=S) groups is 1. The standard InChI is InChI=1S/C20H24N2O2S2/c1-4-6-9-13(5-2)12-22-19(24)17(26-20(22)25)16-14-10-7-8-11-15(14)21(3)18(16)23/h7-8,10-11,13H,4-6,9,12H2,1-3H3/b17-16+/t13-/m1/s1. The van der Waals surface area contributed by atoms with Crippen LogP contribution in [0.15, 0.2) is 29.2 Å². The lowest BCUT2D eigenvalue weighted by Gasteiger charge is -2.21. The van der Waals surface area contributed by atoms with Crippen molar-refractivity contribution in [3.8, 4) is 0 Å². The molecule has 1 saturated heterocycles. The second kappa shape index (κ2) is 7.92. The number of rotatable bonds is 6. The smallest absolute Gasteiger partial charge is 0.267 e. The van der Waals surface area contributed by atoms with E-state index >= 15 is 0 Å². The summed E-state index contributed by atoms with van der Waals surface area (Å²) in [4.78, 5) is 29.6. The van der Waals surface area contributed by atoms with Crippen molar-refractivity contribution in [2.75, 3.05) is 18.5 Å². The Morgan fingerprint density at radius 1 is 1.15 bits per heavy atom. The molecule has 0 aliphatic carbocycles. The Kier molecular flexibility index (Phi) is 5.82. The lowest BCUT2D eigenvalue weighted by atomic mass is 9.98. The zero-order valence-electron chi connectivity index (χ0n) is 15.4.